The number of urea groups is 1. The zero-order valence-corrected chi connectivity index (χ0v) is 25.1. The van der Waals surface area contributed by atoms with Crippen LogP contribution in [-0.2, 0) is 16.6 Å². The number of aryl methyl sites for hydroxylation is 1. The van der Waals surface area contributed by atoms with Crippen molar-refractivity contribution < 1.29 is 22.8 Å². The van der Waals surface area contributed by atoms with Crippen LogP contribution in [0.15, 0.2) is 84.9 Å². The summed E-state index contributed by atoms with van der Waals surface area (Å²) >= 11 is 0. The molecular formula is C34H31F3N6O2. The summed E-state index contributed by atoms with van der Waals surface area (Å²) in [6.07, 6.45) is -0.106. The molecule has 0 saturated carbocycles. The average Bonchev–Trinajstić information content (AvgIpc) is 3.40. The fraction of sp³-hybridized carbons (Fsp3) is 0.176. The number of halogens is 3. The smallest absolute Gasteiger partial charge is 0.325 e. The number of carbonyl (C=O) groups excluding carboxylic acids is 2. The molecule has 45 heavy (non-hydrogen) atoms. The van der Waals surface area contributed by atoms with Crippen LogP contribution in [0.2, 0.25) is 0 Å². The lowest BCUT2D eigenvalue weighted by atomic mass is 9.92. The van der Waals surface area contributed by atoms with Crippen molar-refractivity contribution >= 4 is 29.3 Å². The van der Waals surface area contributed by atoms with E-state index >= 15 is 4.39 Å². The van der Waals surface area contributed by atoms with Gasteiger partial charge in [0.2, 0.25) is 5.91 Å². The maximum Gasteiger partial charge on any atom is 0.325 e. The molecule has 0 fully saturated rings. The molecule has 11 heteroatoms. The molecule has 0 aliphatic heterocycles. The topological polar surface area (TPSA) is 106 Å². The first kappa shape index (κ1) is 31.0. The van der Waals surface area contributed by atoms with Crippen molar-refractivity contribution in [1.82, 2.24) is 14.8 Å². The van der Waals surface area contributed by atoms with Crippen LogP contribution in [0.1, 0.15) is 37.6 Å². The minimum Gasteiger partial charge on any atom is -0.351 e. The Balaban J connectivity index is 1.43. The summed E-state index contributed by atoms with van der Waals surface area (Å²) in [4.78, 5) is 30.4. The number of rotatable bonds is 7. The van der Waals surface area contributed by atoms with Crippen LogP contribution >= 0.6 is 0 Å². The van der Waals surface area contributed by atoms with E-state index in [4.69, 9.17) is 10.8 Å². The lowest BCUT2D eigenvalue weighted by molar-refractivity contribution is -0.115. The molecule has 8 nitrogen and oxygen atoms in total. The van der Waals surface area contributed by atoms with Crippen molar-refractivity contribution in [3.8, 4) is 16.9 Å². The summed E-state index contributed by atoms with van der Waals surface area (Å²) in [6, 6.07) is 19.8. The molecule has 3 N–H and O–H groups in total. The minimum atomic E-state index is -1.19. The van der Waals surface area contributed by atoms with Gasteiger partial charge in [-0.2, -0.15) is 5.10 Å². The van der Waals surface area contributed by atoms with Gasteiger partial charge < -0.3 is 11.1 Å². The molecule has 0 unspecified atom stereocenters. The molecule has 3 aromatic carbocycles. The van der Waals surface area contributed by atoms with Crippen molar-refractivity contribution in [2.75, 3.05) is 10.2 Å². The first-order valence-corrected chi connectivity index (χ1v) is 14.1. The zero-order chi connectivity index (χ0) is 32.5. The van der Waals surface area contributed by atoms with E-state index in [0.717, 1.165) is 35.1 Å². The normalized spacial score (nSPS) is 11.4. The number of amides is 3. The Morgan fingerprint density at radius 2 is 1.56 bits per heavy atom. The second-order valence-corrected chi connectivity index (χ2v) is 11.6. The Morgan fingerprint density at radius 1 is 0.889 bits per heavy atom. The summed E-state index contributed by atoms with van der Waals surface area (Å²) in [5, 5.41) is 7.66. The molecule has 0 radical (unpaired) electrons. The van der Waals surface area contributed by atoms with Gasteiger partial charge in [0.1, 0.15) is 34.8 Å². The minimum absolute atomic E-state index is 0.0142. The molecule has 0 aliphatic carbocycles. The van der Waals surface area contributed by atoms with Crippen molar-refractivity contribution in [3.05, 3.63) is 119 Å². The quantitative estimate of drug-likeness (QED) is 0.200. The second kappa shape index (κ2) is 12.3. The van der Waals surface area contributed by atoms with Gasteiger partial charge in [-0.3, -0.25) is 4.79 Å². The summed E-state index contributed by atoms with van der Waals surface area (Å²) in [5.41, 5.74) is 7.68. The van der Waals surface area contributed by atoms with E-state index in [1.165, 1.54) is 36.4 Å². The van der Waals surface area contributed by atoms with E-state index in [1.54, 1.807) is 4.68 Å². The van der Waals surface area contributed by atoms with Gasteiger partial charge in [0.25, 0.3) is 0 Å². The number of carbonyl (C=O) groups is 2. The Labute approximate surface area is 258 Å². The summed E-state index contributed by atoms with van der Waals surface area (Å²) in [6.45, 7) is 8.06. The standard InChI is InChI=1S/C34H31F3N6O2/c1-20-11-14-22(15-12-20)43-30(19-28(41-43)34(2,3)4)40-31(44)18-21-13-16-24(35)23(17-21)27-9-6-10-29(39-27)42(33(38)45)32-25(36)7-5-8-26(32)37/h5-17,19H,18H2,1-4H3,(H2,38,45)(H,40,44). The Hall–Kier alpha value is -5.45. The van der Waals surface area contributed by atoms with Crippen molar-refractivity contribution in [2.45, 2.75) is 39.5 Å². The molecule has 0 atom stereocenters. The van der Waals surface area contributed by atoms with Crippen LogP contribution in [0, 0.1) is 24.4 Å². The number of nitrogens with zero attached hydrogens (tertiary/aromatic N) is 4. The predicted octanol–water partition coefficient (Wildman–Crippen LogP) is 7.36. The summed E-state index contributed by atoms with van der Waals surface area (Å²) in [7, 11) is 0. The van der Waals surface area contributed by atoms with Crippen LogP contribution in [0.5, 0.6) is 0 Å². The highest BCUT2D eigenvalue weighted by Crippen LogP contribution is 2.32. The summed E-state index contributed by atoms with van der Waals surface area (Å²) < 4.78 is 45.8. The van der Waals surface area contributed by atoms with Gasteiger partial charge in [-0.1, -0.05) is 56.7 Å². The van der Waals surface area contributed by atoms with Crippen molar-refractivity contribution in [2.24, 2.45) is 5.73 Å². The number of para-hydroxylation sites is 1. The molecule has 0 spiro atoms. The van der Waals surface area contributed by atoms with Crippen LogP contribution < -0.4 is 16.0 Å². The number of primary amides is 1. The molecule has 2 aromatic heterocycles. The lowest BCUT2D eigenvalue weighted by Crippen LogP contribution is -2.33. The van der Waals surface area contributed by atoms with Gasteiger partial charge in [-0.05, 0) is 61.0 Å². The second-order valence-electron chi connectivity index (χ2n) is 11.6. The fourth-order valence-electron chi connectivity index (χ4n) is 4.71. The number of hydrogen-bond acceptors (Lipinski definition) is 4. The van der Waals surface area contributed by atoms with Crippen molar-refractivity contribution in [1.29, 1.82) is 0 Å². The third kappa shape index (κ3) is 6.72. The van der Waals surface area contributed by atoms with E-state index in [1.807, 2.05) is 58.0 Å². The Bertz CT molecular complexity index is 1880. The van der Waals surface area contributed by atoms with Gasteiger partial charge in [0, 0.05) is 17.0 Å². The molecular weight excluding hydrogens is 581 g/mol. The number of hydrogen-bond donors (Lipinski definition) is 2. The fourth-order valence-corrected chi connectivity index (χ4v) is 4.71. The highest BCUT2D eigenvalue weighted by molar-refractivity contribution is 5.98. The van der Waals surface area contributed by atoms with E-state index in [0.29, 0.717) is 16.3 Å². The third-order valence-electron chi connectivity index (χ3n) is 7.04. The highest BCUT2D eigenvalue weighted by atomic mass is 19.1. The van der Waals surface area contributed by atoms with Gasteiger partial charge in [0.05, 0.1) is 23.5 Å². The monoisotopic (exact) mass is 612 g/mol. The molecule has 5 aromatic rings. The van der Waals surface area contributed by atoms with E-state index in [-0.39, 0.29) is 34.8 Å². The van der Waals surface area contributed by atoms with Gasteiger partial charge in [-0.15, -0.1) is 0 Å². The molecule has 0 saturated heterocycles. The first-order valence-electron chi connectivity index (χ1n) is 14.1. The van der Waals surface area contributed by atoms with Crippen molar-refractivity contribution in [3.63, 3.8) is 0 Å². The molecule has 3 amide bonds. The largest absolute Gasteiger partial charge is 0.351 e. The number of nitrogens with one attached hydrogen (secondary N) is 1. The Kier molecular flexibility index (Phi) is 8.45. The van der Waals surface area contributed by atoms with Crippen LogP contribution in [0.25, 0.3) is 16.9 Å². The number of anilines is 3. The van der Waals surface area contributed by atoms with Gasteiger partial charge >= 0.3 is 6.03 Å². The zero-order valence-electron chi connectivity index (χ0n) is 25.1. The van der Waals surface area contributed by atoms with Crippen LogP contribution in [-0.4, -0.2) is 26.7 Å². The Morgan fingerprint density at radius 3 is 2.20 bits per heavy atom. The average molecular weight is 613 g/mol. The number of aromatic nitrogens is 3. The van der Waals surface area contributed by atoms with E-state index in [9.17, 15) is 18.4 Å². The molecule has 0 bridgehead atoms. The molecule has 2 heterocycles. The highest BCUT2D eigenvalue weighted by Gasteiger charge is 2.25. The van der Waals surface area contributed by atoms with E-state index < -0.39 is 29.2 Å². The van der Waals surface area contributed by atoms with E-state index in [2.05, 4.69) is 10.3 Å². The number of pyridine rings is 1. The SMILES string of the molecule is Cc1ccc(-n2nc(C(C)(C)C)cc2NC(=O)Cc2ccc(F)c(-c3cccc(N(C(N)=O)c4c(F)cccc4F)n3)c2)cc1. The first-order chi connectivity index (χ1) is 21.3. The van der Waals surface area contributed by atoms with Crippen LogP contribution in [0.4, 0.5) is 35.3 Å². The molecule has 5 rings (SSSR count). The third-order valence-corrected chi connectivity index (χ3v) is 7.04. The van der Waals surface area contributed by atoms with Gasteiger partial charge in [0.15, 0.2) is 0 Å². The maximum atomic E-state index is 15.1. The maximum absolute atomic E-state index is 15.1. The number of benzene rings is 3. The lowest BCUT2D eigenvalue weighted by Gasteiger charge is -2.21. The molecule has 230 valence electrons. The van der Waals surface area contributed by atoms with Crippen LogP contribution in [0.3, 0.4) is 0 Å². The van der Waals surface area contributed by atoms with Gasteiger partial charge in [-0.25, -0.2) is 32.5 Å². The summed E-state index contributed by atoms with van der Waals surface area (Å²) in [5.74, 6) is -2.81. The number of nitrogens with two attached hydrogens (primary N) is 1. The molecule has 0 aliphatic rings. The predicted molar refractivity (Wildman–Crippen MR) is 167 cm³/mol.